The van der Waals surface area contributed by atoms with Gasteiger partial charge in [0, 0.05) is 85.7 Å². The van der Waals surface area contributed by atoms with Gasteiger partial charge in [-0.2, -0.15) is 0 Å². The highest BCUT2D eigenvalue weighted by molar-refractivity contribution is 6.35. The molecule has 2 amide bonds. The summed E-state index contributed by atoms with van der Waals surface area (Å²) in [6.07, 6.45) is 3.09. The van der Waals surface area contributed by atoms with Crippen LogP contribution in [0.5, 0.6) is 0 Å². The maximum absolute atomic E-state index is 13.3. The second-order valence-corrected chi connectivity index (χ2v) is 14.7. The number of benzene rings is 4. The van der Waals surface area contributed by atoms with Crippen LogP contribution in [0, 0.1) is 13.8 Å². The molecule has 0 bridgehead atoms. The number of likely N-dealkylation sites (N-methyl/N-ethyl adjacent to an activating group) is 1. The highest BCUT2D eigenvalue weighted by Gasteiger charge is 2.20. The van der Waals surface area contributed by atoms with Crippen molar-refractivity contribution >= 4 is 62.2 Å². The van der Waals surface area contributed by atoms with Crippen LogP contribution >= 0.6 is 11.6 Å². The molecule has 6 aromatic rings. The van der Waals surface area contributed by atoms with Crippen LogP contribution in [0.2, 0.25) is 5.02 Å². The van der Waals surface area contributed by atoms with E-state index in [9.17, 15) is 19.2 Å². The van der Waals surface area contributed by atoms with E-state index in [0.29, 0.717) is 34.6 Å². The molecular formula is C46H48ClN5O4. The van der Waals surface area contributed by atoms with E-state index in [0.717, 1.165) is 64.0 Å². The fourth-order valence-corrected chi connectivity index (χ4v) is 7.33. The molecule has 0 N–H and O–H groups in total. The van der Waals surface area contributed by atoms with Crippen molar-refractivity contribution in [1.29, 1.82) is 0 Å². The van der Waals surface area contributed by atoms with Gasteiger partial charge in [-0.05, 0) is 113 Å². The second-order valence-electron chi connectivity index (χ2n) is 14.3. The van der Waals surface area contributed by atoms with Crippen molar-refractivity contribution in [2.24, 2.45) is 0 Å². The second kappa shape index (κ2) is 16.9. The lowest BCUT2D eigenvalue weighted by molar-refractivity contribution is 0.0985. The SMILES string of the molecule is CCn1c(=O)cc(C2=CCN(C)CC2)c2cc(C(=O)N(C)c3ccc(C)cc3)ccc21.CCn1c(=O)cc(Cl)c2cc(C(=O)N(C)c3ccc(C)cc3)ccc21. The molecule has 0 unspecified atom stereocenters. The summed E-state index contributed by atoms with van der Waals surface area (Å²) in [6.45, 7) is 10.9. The molecular weight excluding hydrogens is 722 g/mol. The Morgan fingerprint density at radius 2 is 1.12 bits per heavy atom. The van der Waals surface area contributed by atoms with E-state index >= 15 is 0 Å². The predicted molar refractivity (Wildman–Crippen MR) is 231 cm³/mol. The predicted octanol–water partition coefficient (Wildman–Crippen LogP) is 8.59. The number of halogens is 1. The van der Waals surface area contributed by atoms with Crippen LogP contribution < -0.4 is 20.9 Å². The fraction of sp³-hybridized carbons (Fsp3) is 0.261. The Morgan fingerprint density at radius 1 is 0.661 bits per heavy atom. The summed E-state index contributed by atoms with van der Waals surface area (Å²) in [7, 11) is 5.63. The van der Waals surface area contributed by atoms with Crippen molar-refractivity contribution in [2.75, 3.05) is 44.0 Å². The molecule has 56 heavy (non-hydrogen) atoms. The van der Waals surface area contributed by atoms with Crippen molar-refractivity contribution < 1.29 is 9.59 Å². The third-order valence-corrected chi connectivity index (χ3v) is 10.8. The van der Waals surface area contributed by atoms with Crippen LogP contribution in [0.3, 0.4) is 0 Å². The summed E-state index contributed by atoms with van der Waals surface area (Å²) in [5.74, 6) is -0.195. The van der Waals surface area contributed by atoms with Gasteiger partial charge in [-0.3, -0.25) is 19.2 Å². The molecule has 10 heteroatoms. The molecule has 1 aliphatic rings. The maximum atomic E-state index is 13.3. The number of carbonyl (C=O) groups is 2. The Hall–Kier alpha value is -5.77. The van der Waals surface area contributed by atoms with Crippen LogP contribution in [0.4, 0.5) is 11.4 Å². The molecule has 3 heterocycles. The maximum Gasteiger partial charge on any atom is 0.258 e. The fourth-order valence-electron chi connectivity index (χ4n) is 7.09. The van der Waals surface area contributed by atoms with E-state index in [1.807, 2.05) is 94.4 Å². The lowest BCUT2D eigenvalue weighted by Gasteiger charge is -2.24. The van der Waals surface area contributed by atoms with E-state index in [-0.39, 0.29) is 22.9 Å². The number of pyridine rings is 2. The summed E-state index contributed by atoms with van der Waals surface area (Å²) in [6, 6.07) is 29.8. The molecule has 0 saturated carbocycles. The first-order chi connectivity index (χ1) is 26.8. The molecule has 2 aromatic heterocycles. The normalized spacial score (nSPS) is 12.9. The van der Waals surface area contributed by atoms with Gasteiger partial charge in [0.1, 0.15) is 0 Å². The number of rotatable bonds is 7. The number of hydrogen-bond donors (Lipinski definition) is 0. The van der Waals surface area contributed by atoms with E-state index in [1.54, 1.807) is 57.3 Å². The Balaban J connectivity index is 0.000000194. The van der Waals surface area contributed by atoms with E-state index in [2.05, 4.69) is 18.0 Å². The summed E-state index contributed by atoms with van der Waals surface area (Å²) in [5, 5.41) is 2.02. The lowest BCUT2D eigenvalue weighted by atomic mass is 9.95. The Morgan fingerprint density at radius 3 is 1.59 bits per heavy atom. The van der Waals surface area contributed by atoms with Crippen LogP contribution in [0.15, 0.2) is 113 Å². The van der Waals surface area contributed by atoms with Crippen LogP contribution in [0.25, 0.3) is 27.4 Å². The first-order valence-electron chi connectivity index (χ1n) is 18.9. The number of hydrogen-bond acceptors (Lipinski definition) is 5. The molecule has 0 atom stereocenters. The van der Waals surface area contributed by atoms with Crippen molar-refractivity contribution in [3.05, 3.63) is 157 Å². The van der Waals surface area contributed by atoms with Gasteiger partial charge in [0.2, 0.25) is 0 Å². The van der Waals surface area contributed by atoms with Crippen LogP contribution in [0.1, 0.15) is 57.7 Å². The number of fused-ring (bicyclic) bond motifs is 2. The highest BCUT2D eigenvalue weighted by Crippen LogP contribution is 2.30. The third-order valence-electron chi connectivity index (χ3n) is 10.5. The van der Waals surface area contributed by atoms with E-state index in [1.165, 1.54) is 11.6 Å². The van der Waals surface area contributed by atoms with Gasteiger partial charge in [0.15, 0.2) is 0 Å². The zero-order valence-corrected chi connectivity index (χ0v) is 33.9. The standard InChI is InChI=1S/C26H29N3O2.C20H19ClN2O2/c1-5-29-24-11-8-20(26(31)28(4)21-9-6-18(2)7-10-21)16-23(24)22(17-25(29)30)19-12-14-27(3)15-13-19;1-4-23-18-10-7-14(11-16(18)17(21)12-19(23)24)20(25)22(3)15-8-5-13(2)6-9-15/h6-12,16-17H,5,13-15H2,1-4H3;5-12H,4H2,1-3H3. The summed E-state index contributed by atoms with van der Waals surface area (Å²) < 4.78 is 3.41. The van der Waals surface area contributed by atoms with Gasteiger partial charge in [0.05, 0.1) is 16.1 Å². The largest absolute Gasteiger partial charge is 0.311 e. The molecule has 0 fully saturated rings. The van der Waals surface area contributed by atoms with Gasteiger partial charge >= 0.3 is 0 Å². The average Bonchev–Trinajstić information content (AvgIpc) is 3.20. The number of amides is 2. The topological polar surface area (TPSA) is 87.9 Å². The minimum absolute atomic E-state index is 0.000628. The van der Waals surface area contributed by atoms with Gasteiger partial charge in [0.25, 0.3) is 22.9 Å². The summed E-state index contributed by atoms with van der Waals surface area (Å²) in [5.41, 5.74) is 8.71. The number of carbonyl (C=O) groups excluding carboxylic acids is 2. The molecule has 9 nitrogen and oxygen atoms in total. The summed E-state index contributed by atoms with van der Waals surface area (Å²) in [4.78, 5) is 56.4. The Kier molecular flexibility index (Phi) is 12.1. The molecule has 1 aliphatic heterocycles. The zero-order chi connectivity index (χ0) is 40.3. The molecule has 288 valence electrons. The van der Waals surface area contributed by atoms with Gasteiger partial charge < -0.3 is 23.8 Å². The monoisotopic (exact) mass is 769 g/mol. The Bertz CT molecular complexity index is 2590. The number of aromatic nitrogens is 2. The minimum atomic E-state index is -0.143. The highest BCUT2D eigenvalue weighted by atomic mass is 35.5. The van der Waals surface area contributed by atoms with Crippen molar-refractivity contribution in [2.45, 2.75) is 47.2 Å². The van der Waals surface area contributed by atoms with Gasteiger partial charge in [-0.1, -0.05) is 53.1 Å². The van der Waals surface area contributed by atoms with Crippen molar-refractivity contribution in [3.63, 3.8) is 0 Å². The molecule has 0 radical (unpaired) electrons. The zero-order valence-electron chi connectivity index (χ0n) is 33.1. The average molecular weight is 770 g/mol. The molecule has 4 aromatic carbocycles. The Labute approximate surface area is 332 Å². The first kappa shape index (κ1) is 39.9. The summed E-state index contributed by atoms with van der Waals surface area (Å²) >= 11 is 6.24. The first-order valence-corrected chi connectivity index (χ1v) is 19.3. The van der Waals surface area contributed by atoms with Gasteiger partial charge in [-0.15, -0.1) is 0 Å². The molecule has 7 rings (SSSR count). The molecule has 0 saturated heterocycles. The van der Waals surface area contributed by atoms with E-state index in [4.69, 9.17) is 11.6 Å². The van der Waals surface area contributed by atoms with Crippen molar-refractivity contribution in [1.82, 2.24) is 14.0 Å². The number of nitrogens with zero attached hydrogens (tertiary/aromatic N) is 5. The number of aryl methyl sites for hydroxylation is 4. The quantitative estimate of drug-likeness (QED) is 0.162. The van der Waals surface area contributed by atoms with Gasteiger partial charge in [-0.25, -0.2) is 0 Å². The van der Waals surface area contributed by atoms with Crippen LogP contribution in [-0.4, -0.2) is 60.1 Å². The third kappa shape index (κ3) is 8.25. The van der Waals surface area contributed by atoms with Crippen molar-refractivity contribution in [3.8, 4) is 0 Å². The number of anilines is 2. The lowest BCUT2D eigenvalue weighted by Crippen LogP contribution is -2.27. The smallest absolute Gasteiger partial charge is 0.258 e. The van der Waals surface area contributed by atoms with E-state index < -0.39 is 0 Å². The van der Waals surface area contributed by atoms with Crippen LogP contribution in [-0.2, 0) is 13.1 Å². The molecule has 0 spiro atoms. The minimum Gasteiger partial charge on any atom is -0.311 e. The molecule has 0 aliphatic carbocycles.